The number of aromatic nitrogens is 1. The number of piperidine rings is 1. The molecule has 1 atom stereocenters. The van der Waals surface area contributed by atoms with Crippen LogP contribution in [0, 0.1) is 0 Å². The van der Waals surface area contributed by atoms with E-state index < -0.39 is 5.60 Å². The molecule has 1 aliphatic rings. The lowest BCUT2D eigenvalue weighted by Crippen LogP contribution is -2.48. The highest BCUT2D eigenvalue weighted by molar-refractivity contribution is 9.11. The molecule has 1 fully saturated rings. The molecule has 0 saturated carbocycles. The number of hydrogen-bond donors (Lipinski definition) is 1. The van der Waals surface area contributed by atoms with Crippen LogP contribution >= 0.6 is 31.9 Å². The van der Waals surface area contributed by atoms with Crippen molar-refractivity contribution in [3.05, 3.63) is 26.9 Å². The zero-order valence-electron chi connectivity index (χ0n) is 13.7. The van der Waals surface area contributed by atoms with Gasteiger partial charge in [-0.1, -0.05) is 0 Å². The van der Waals surface area contributed by atoms with Crippen LogP contribution in [0.5, 0.6) is 0 Å². The minimum atomic E-state index is -0.464. The number of amides is 1. The third-order valence-electron chi connectivity index (χ3n) is 3.46. The summed E-state index contributed by atoms with van der Waals surface area (Å²) in [6.07, 6.45) is 1.71. The second-order valence-corrected chi connectivity index (χ2v) is 8.47. The third-order valence-corrected chi connectivity index (χ3v) is 4.27. The minimum Gasteiger partial charge on any atom is -0.444 e. The SMILES string of the molecule is CC(C)(C)OC(=O)N[C@H]1CCCN(Cc2cc(Br)nc(Br)c2)C1. The van der Waals surface area contributed by atoms with E-state index in [1.807, 2.05) is 32.9 Å². The summed E-state index contributed by atoms with van der Waals surface area (Å²) in [5.41, 5.74) is 0.727. The van der Waals surface area contributed by atoms with Crippen LogP contribution in [0.4, 0.5) is 4.79 Å². The number of hydrogen-bond acceptors (Lipinski definition) is 4. The molecule has 2 rings (SSSR count). The molecule has 1 aromatic heterocycles. The molecule has 23 heavy (non-hydrogen) atoms. The largest absolute Gasteiger partial charge is 0.444 e. The first-order valence-electron chi connectivity index (χ1n) is 7.75. The fourth-order valence-electron chi connectivity index (χ4n) is 2.65. The smallest absolute Gasteiger partial charge is 0.407 e. The lowest BCUT2D eigenvalue weighted by Gasteiger charge is -2.33. The first-order valence-corrected chi connectivity index (χ1v) is 9.34. The van der Waals surface area contributed by atoms with E-state index >= 15 is 0 Å². The van der Waals surface area contributed by atoms with Crippen molar-refractivity contribution in [1.82, 2.24) is 15.2 Å². The Morgan fingerprint density at radius 1 is 1.39 bits per heavy atom. The quantitative estimate of drug-likeness (QED) is 0.707. The number of likely N-dealkylation sites (tertiary alicyclic amines) is 1. The number of carbonyl (C=O) groups is 1. The van der Waals surface area contributed by atoms with Crippen LogP contribution in [0.25, 0.3) is 0 Å². The van der Waals surface area contributed by atoms with E-state index in [2.05, 4.69) is 47.1 Å². The Hall–Kier alpha value is -0.660. The molecule has 128 valence electrons. The molecule has 1 amide bonds. The Balaban J connectivity index is 1.89. The van der Waals surface area contributed by atoms with Gasteiger partial charge in [0.05, 0.1) is 0 Å². The Kier molecular flexibility index (Phi) is 6.45. The van der Waals surface area contributed by atoms with Crippen LogP contribution in [-0.2, 0) is 11.3 Å². The van der Waals surface area contributed by atoms with E-state index in [0.717, 1.165) is 41.7 Å². The predicted octanol–water partition coefficient (Wildman–Crippen LogP) is 4.10. The van der Waals surface area contributed by atoms with E-state index in [9.17, 15) is 4.79 Å². The molecule has 5 nitrogen and oxygen atoms in total. The Morgan fingerprint density at radius 2 is 2.04 bits per heavy atom. The molecule has 0 bridgehead atoms. The highest BCUT2D eigenvalue weighted by Gasteiger charge is 2.24. The number of pyridine rings is 1. The van der Waals surface area contributed by atoms with E-state index in [4.69, 9.17) is 4.74 Å². The van der Waals surface area contributed by atoms with Gasteiger partial charge in [-0.25, -0.2) is 9.78 Å². The van der Waals surface area contributed by atoms with Gasteiger partial charge in [0.2, 0.25) is 0 Å². The molecule has 7 heteroatoms. The van der Waals surface area contributed by atoms with Gasteiger partial charge in [-0.05, 0) is 89.7 Å². The van der Waals surface area contributed by atoms with Gasteiger partial charge >= 0.3 is 6.09 Å². The molecule has 2 heterocycles. The van der Waals surface area contributed by atoms with Crippen molar-refractivity contribution >= 4 is 38.0 Å². The summed E-state index contributed by atoms with van der Waals surface area (Å²) in [5.74, 6) is 0. The molecule has 0 unspecified atom stereocenters. The summed E-state index contributed by atoms with van der Waals surface area (Å²) in [5, 5.41) is 2.98. The zero-order chi connectivity index (χ0) is 17.0. The van der Waals surface area contributed by atoms with Crippen LogP contribution in [0.2, 0.25) is 0 Å². The number of nitrogens with one attached hydrogen (secondary N) is 1. The minimum absolute atomic E-state index is 0.132. The summed E-state index contributed by atoms with van der Waals surface area (Å²) in [6.45, 7) is 8.32. The fraction of sp³-hybridized carbons (Fsp3) is 0.625. The normalized spacial score (nSPS) is 19.4. The number of halogens is 2. The number of ether oxygens (including phenoxy) is 1. The number of carbonyl (C=O) groups excluding carboxylic acids is 1. The van der Waals surface area contributed by atoms with Gasteiger partial charge in [0, 0.05) is 19.1 Å². The zero-order valence-corrected chi connectivity index (χ0v) is 16.9. The predicted molar refractivity (Wildman–Crippen MR) is 97.3 cm³/mol. The van der Waals surface area contributed by atoms with Crippen molar-refractivity contribution in [2.75, 3.05) is 13.1 Å². The van der Waals surface area contributed by atoms with E-state index in [1.54, 1.807) is 0 Å². The monoisotopic (exact) mass is 447 g/mol. The summed E-state index contributed by atoms with van der Waals surface area (Å²) in [7, 11) is 0. The van der Waals surface area contributed by atoms with Gasteiger partial charge in [0.15, 0.2) is 0 Å². The highest BCUT2D eigenvalue weighted by atomic mass is 79.9. The molecular weight excluding hydrogens is 426 g/mol. The third kappa shape index (κ3) is 6.77. The summed E-state index contributed by atoms with van der Waals surface area (Å²) in [6, 6.07) is 4.18. The number of nitrogens with zero attached hydrogens (tertiary/aromatic N) is 2. The second-order valence-electron chi connectivity index (χ2n) is 6.84. The lowest BCUT2D eigenvalue weighted by molar-refractivity contribution is 0.0470. The second kappa shape index (κ2) is 7.94. The number of alkyl carbamates (subject to hydrolysis) is 1. The standard InChI is InChI=1S/C16H23Br2N3O2/c1-16(2,3)23-15(22)19-12-5-4-6-21(10-12)9-11-7-13(17)20-14(18)8-11/h7-8,12H,4-6,9-10H2,1-3H3,(H,19,22)/t12-/m0/s1. The number of rotatable bonds is 3. The van der Waals surface area contributed by atoms with Gasteiger partial charge in [0.1, 0.15) is 14.8 Å². The Bertz CT molecular complexity index is 540. The van der Waals surface area contributed by atoms with Crippen molar-refractivity contribution in [3.8, 4) is 0 Å². The molecular formula is C16H23Br2N3O2. The maximum absolute atomic E-state index is 11.9. The molecule has 0 spiro atoms. The molecule has 1 saturated heterocycles. The van der Waals surface area contributed by atoms with Crippen molar-refractivity contribution in [2.24, 2.45) is 0 Å². The summed E-state index contributed by atoms with van der Waals surface area (Å²) < 4.78 is 6.98. The maximum atomic E-state index is 11.9. The van der Waals surface area contributed by atoms with Crippen LogP contribution in [-0.4, -0.2) is 40.7 Å². The van der Waals surface area contributed by atoms with Gasteiger partial charge in [-0.15, -0.1) is 0 Å². The molecule has 1 N–H and O–H groups in total. The van der Waals surface area contributed by atoms with Crippen LogP contribution in [0.15, 0.2) is 21.3 Å². The van der Waals surface area contributed by atoms with E-state index in [1.165, 1.54) is 5.56 Å². The molecule has 0 radical (unpaired) electrons. The van der Waals surface area contributed by atoms with E-state index in [0.29, 0.717) is 0 Å². The highest BCUT2D eigenvalue weighted by Crippen LogP contribution is 2.19. The van der Waals surface area contributed by atoms with Crippen molar-refractivity contribution in [3.63, 3.8) is 0 Å². The molecule has 1 aliphatic heterocycles. The summed E-state index contributed by atoms with van der Waals surface area (Å²) in [4.78, 5) is 18.5. The first kappa shape index (κ1) is 18.7. The first-order chi connectivity index (χ1) is 10.7. The molecule has 1 aromatic rings. The molecule has 0 aromatic carbocycles. The van der Waals surface area contributed by atoms with Crippen molar-refractivity contribution in [2.45, 2.75) is 51.8 Å². The maximum Gasteiger partial charge on any atom is 0.407 e. The van der Waals surface area contributed by atoms with Gasteiger partial charge < -0.3 is 10.1 Å². The van der Waals surface area contributed by atoms with Crippen molar-refractivity contribution < 1.29 is 9.53 Å². The fourth-order valence-corrected chi connectivity index (χ4v) is 3.86. The van der Waals surface area contributed by atoms with Crippen molar-refractivity contribution in [1.29, 1.82) is 0 Å². The average Bonchev–Trinajstić information content (AvgIpc) is 2.35. The van der Waals surface area contributed by atoms with Crippen LogP contribution < -0.4 is 5.32 Å². The average molecular weight is 449 g/mol. The summed E-state index contributed by atoms with van der Waals surface area (Å²) >= 11 is 6.83. The van der Waals surface area contributed by atoms with Gasteiger partial charge in [-0.3, -0.25) is 4.90 Å². The topological polar surface area (TPSA) is 54.5 Å². The lowest BCUT2D eigenvalue weighted by atomic mass is 10.1. The van der Waals surface area contributed by atoms with Gasteiger partial charge in [0.25, 0.3) is 0 Å². The van der Waals surface area contributed by atoms with Crippen LogP contribution in [0.3, 0.4) is 0 Å². The molecule has 0 aliphatic carbocycles. The van der Waals surface area contributed by atoms with Crippen LogP contribution in [0.1, 0.15) is 39.2 Å². The Labute approximate surface area is 154 Å². The Morgan fingerprint density at radius 3 is 2.65 bits per heavy atom. The van der Waals surface area contributed by atoms with E-state index in [-0.39, 0.29) is 12.1 Å². The van der Waals surface area contributed by atoms with Gasteiger partial charge in [-0.2, -0.15) is 0 Å².